The zero-order valence-corrected chi connectivity index (χ0v) is 21.9. The topological polar surface area (TPSA) is 62.5 Å². The van der Waals surface area contributed by atoms with Crippen molar-refractivity contribution < 1.29 is 19.1 Å². The van der Waals surface area contributed by atoms with Crippen molar-refractivity contribution in [2.45, 2.75) is 12.3 Å². The van der Waals surface area contributed by atoms with E-state index in [0.717, 1.165) is 33.2 Å². The maximum Gasteiger partial charge on any atom is 0.340 e. The van der Waals surface area contributed by atoms with Gasteiger partial charge in [-0.3, -0.25) is 0 Å². The number of hydrogen-bond donors (Lipinski definition) is 0. The number of fused-ring (bicyclic) bond motifs is 2. The van der Waals surface area contributed by atoms with Gasteiger partial charge in [0.1, 0.15) is 0 Å². The molecule has 6 nitrogen and oxygen atoms in total. The first-order chi connectivity index (χ1) is 15.7. The highest BCUT2D eigenvalue weighted by Crippen LogP contribution is 2.33. The van der Waals surface area contributed by atoms with E-state index >= 15 is 0 Å². The number of esters is 2. The van der Waals surface area contributed by atoms with Crippen molar-refractivity contribution in [2.75, 3.05) is 14.2 Å². The summed E-state index contributed by atoms with van der Waals surface area (Å²) in [5, 5.41) is 3.21. The van der Waals surface area contributed by atoms with Gasteiger partial charge >= 0.3 is 11.9 Å². The second-order valence-corrected chi connectivity index (χ2v) is 8.66. The second-order valence-electron chi connectivity index (χ2n) is 7.28. The van der Waals surface area contributed by atoms with Gasteiger partial charge in [0.25, 0.3) is 0 Å². The van der Waals surface area contributed by atoms with Gasteiger partial charge in [-0.05, 0) is 31.2 Å². The van der Waals surface area contributed by atoms with Crippen LogP contribution in [-0.2, 0) is 28.9 Å². The lowest BCUT2D eigenvalue weighted by molar-refractivity contribution is 0.0592. The summed E-state index contributed by atoms with van der Waals surface area (Å²) < 4.78 is 13.5. The first-order valence-corrected chi connectivity index (χ1v) is 11.8. The zero-order valence-electron chi connectivity index (χ0n) is 18.8. The Balaban J connectivity index is 0.000000186. The van der Waals surface area contributed by atoms with E-state index in [1.54, 1.807) is 12.1 Å². The Morgan fingerprint density at radius 1 is 0.848 bits per heavy atom. The van der Waals surface area contributed by atoms with Crippen molar-refractivity contribution in [2.24, 2.45) is 14.1 Å². The average molecular weight is 554 g/mol. The lowest BCUT2D eigenvalue weighted by atomic mass is 10.1. The Hall–Kier alpha value is -2.48. The fraction of sp³-hybridized carbons (Fsp3) is 0.250. The SMILES string of the molecule is COC(=O)c1c(C)n(C)c2cccc(Cl)c12.COC(=O)c1c(CBr)n(C)c2cccc(Cl)c12. The molecule has 0 aliphatic carbocycles. The van der Waals surface area contributed by atoms with Crippen LogP contribution >= 0.6 is 39.1 Å². The van der Waals surface area contributed by atoms with E-state index < -0.39 is 0 Å². The van der Waals surface area contributed by atoms with Gasteiger partial charge in [-0.15, -0.1) is 0 Å². The summed E-state index contributed by atoms with van der Waals surface area (Å²) in [6, 6.07) is 11.1. The second kappa shape index (κ2) is 10.2. The molecule has 2 heterocycles. The lowest BCUT2D eigenvalue weighted by Crippen LogP contribution is -2.05. The Bertz CT molecular complexity index is 1370. The van der Waals surface area contributed by atoms with Crippen LogP contribution < -0.4 is 0 Å². The number of carbonyl (C=O) groups is 2. The Morgan fingerprint density at radius 3 is 1.79 bits per heavy atom. The Kier molecular flexibility index (Phi) is 7.77. The molecular formula is C24H23BrCl2N2O4. The van der Waals surface area contributed by atoms with Crippen LogP contribution in [0.15, 0.2) is 36.4 Å². The third-order valence-corrected chi connectivity index (χ3v) is 6.83. The monoisotopic (exact) mass is 552 g/mol. The summed E-state index contributed by atoms with van der Waals surface area (Å²) in [6.45, 7) is 1.88. The number of carbonyl (C=O) groups excluding carboxylic acids is 2. The lowest BCUT2D eigenvalue weighted by Gasteiger charge is -2.02. The molecule has 0 saturated carbocycles. The molecule has 33 heavy (non-hydrogen) atoms. The molecule has 0 aliphatic heterocycles. The van der Waals surface area contributed by atoms with E-state index in [1.165, 1.54) is 14.2 Å². The Morgan fingerprint density at radius 2 is 1.30 bits per heavy atom. The van der Waals surface area contributed by atoms with E-state index in [2.05, 4.69) is 15.9 Å². The van der Waals surface area contributed by atoms with Gasteiger partial charge in [-0.2, -0.15) is 0 Å². The molecular weight excluding hydrogens is 531 g/mol. The van der Waals surface area contributed by atoms with Crippen molar-refractivity contribution in [3.63, 3.8) is 0 Å². The minimum atomic E-state index is -0.363. The minimum absolute atomic E-state index is 0.351. The molecule has 0 radical (unpaired) electrons. The van der Waals surface area contributed by atoms with E-state index in [9.17, 15) is 9.59 Å². The molecule has 2 aromatic carbocycles. The molecule has 2 aromatic heterocycles. The van der Waals surface area contributed by atoms with Crippen LogP contribution in [0.5, 0.6) is 0 Å². The number of aryl methyl sites for hydroxylation is 2. The number of benzene rings is 2. The standard InChI is InChI=1S/C12H11BrClNO2.C12H12ClNO2/c1-15-8-5-3-4-7(14)10(8)11(9(15)6-13)12(16)17-2;1-7-10(12(15)16-3)11-8(13)5-4-6-9(11)14(7)2/h3-5H,6H2,1-2H3;4-6H,1-3H3. The van der Waals surface area contributed by atoms with Crippen LogP contribution in [0.25, 0.3) is 21.8 Å². The summed E-state index contributed by atoms with van der Waals surface area (Å²) >= 11 is 15.7. The highest BCUT2D eigenvalue weighted by Gasteiger charge is 2.23. The molecule has 0 unspecified atom stereocenters. The molecule has 4 rings (SSSR count). The molecule has 174 valence electrons. The predicted molar refractivity (Wildman–Crippen MR) is 136 cm³/mol. The maximum atomic E-state index is 11.9. The average Bonchev–Trinajstić information content (AvgIpc) is 3.25. The first-order valence-electron chi connectivity index (χ1n) is 9.91. The molecule has 0 spiro atoms. The van der Waals surface area contributed by atoms with Gasteiger partial charge in [0.2, 0.25) is 0 Å². The van der Waals surface area contributed by atoms with E-state index in [-0.39, 0.29) is 11.9 Å². The number of halogens is 3. The highest BCUT2D eigenvalue weighted by atomic mass is 79.9. The van der Waals surface area contributed by atoms with Gasteiger partial charge in [-0.25, -0.2) is 9.59 Å². The normalized spacial score (nSPS) is 10.8. The number of alkyl halides is 1. The summed E-state index contributed by atoms with van der Waals surface area (Å²) in [6.07, 6.45) is 0. The van der Waals surface area contributed by atoms with E-state index in [4.69, 9.17) is 32.7 Å². The zero-order chi connectivity index (χ0) is 24.4. The predicted octanol–water partition coefficient (Wildman–Crippen LogP) is 6.44. The van der Waals surface area contributed by atoms with Crippen LogP contribution in [0, 0.1) is 6.92 Å². The summed E-state index contributed by atoms with van der Waals surface area (Å²) in [7, 11) is 6.55. The molecule has 0 amide bonds. The number of methoxy groups -OCH3 is 2. The number of nitrogens with zero attached hydrogens (tertiary/aromatic N) is 2. The van der Waals surface area contributed by atoms with Gasteiger partial charge in [0, 0.05) is 41.6 Å². The highest BCUT2D eigenvalue weighted by molar-refractivity contribution is 9.08. The quantitative estimate of drug-likeness (QED) is 0.216. The maximum absolute atomic E-state index is 11.9. The summed E-state index contributed by atoms with van der Waals surface area (Å²) in [5.74, 6) is -0.714. The van der Waals surface area contributed by atoms with Crippen molar-refractivity contribution in [3.05, 3.63) is 69.0 Å². The van der Waals surface area contributed by atoms with E-state index in [1.807, 2.05) is 54.4 Å². The molecule has 0 saturated heterocycles. The molecule has 0 atom stereocenters. The van der Waals surface area contributed by atoms with Crippen LogP contribution in [-0.4, -0.2) is 35.3 Å². The van der Waals surface area contributed by atoms with Crippen molar-refractivity contribution in [3.8, 4) is 0 Å². The first kappa shape index (κ1) is 25.1. The third-order valence-electron chi connectivity index (χ3n) is 5.67. The number of rotatable bonds is 3. The van der Waals surface area contributed by atoms with Crippen LogP contribution in [0.2, 0.25) is 10.0 Å². The van der Waals surface area contributed by atoms with Gasteiger partial charge in [0.05, 0.1) is 46.4 Å². The van der Waals surface area contributed by atoms with Crippen LogP contribution in [0.4, 0.5) is 0 Å². The van der Waals surface area contributed by atoms with Gasteiger partial charge < -0.3 is 18.6 Å². The van der Waals surface area contributed by atoms with Crippen LogP contribution in [0.3, 0.4) is 0 Å². The van der Waals surface area contributed by atoms with Crippen LogP contribution in [0.1, 0.15) is 32.1 Å². The fourth-order valence-corrected chi connectivity index (χ4v) is 5.08. The summed E-state index contributed by atoms with van der Waals surface area (Å²) in [5.41, 5.74) is 4.66. The minimum Gasteiger partial charge on any atom is -0.465 e. The van der Waals surface area contributed by atoms with Gasteiger partial charge in [-0.1, -0.05) is 51.3 Å². The number of aromatic nitrogens is 2. The number of hydrogen-bond acceptors (Lipinski definition) is 4. The molecule has 0 fully saturated rings. The molecule has 4 aromatic rings. The molecule has 9 heteroatoms. The van der Waals surface area contributed by atoms with Crippen molar-refractivity contribution in [1.82, 2.24) is 9.13 Å². The molecule has 0 bridgehead atoms. The number of ether oxygens (including phenoxy) is 2. The van der Waals surface area contributed by atoms with E-state index in [0.29, 0.717) is 26.5 Å². The molecule has 0 N–H and O–H groups in total. The fourth-order valence-electron chi connectivity index (χ4n) is 3.90. The Labute approximate surface area is 210 Å². The van der Waals surface area contributed by atoms with Gasteiger partial charge in [0.15, 0.2) is 0 Å². The molecule has 0 aliphatic rings. The smallest absolute Gasteiger partial charge is 0.340 e. The summed E-state index contributed by atoms with van der Waals surface area (Å²) in [4.78, 5) is 23.6. The third kappa shape index (κ3) is 4.37. The van der Waals surface area contributed by atoms with Crippen molar-refractivity contribution in [1.29, 1.82) is 0 Å². The van der Waals surface area contributed by atoms with Crippen molar-refractivity contribution >= 4 is 72.9 Å². The largest absolute Gasteiger partial charge is 0.465 e.